The largest absolute Gasteiger partial charge is 0.262 e. The maximum atomic E-state index is 5.10. The summed E-state index contributed by atoms with van der Waals surface area (Å²) in [7, 11) is 0. The molecule has 3 rings (SSSR count). The van der Waals surface area contributed by atoms with Crippen molar-refractivity contribution in [3.8, 4) is 0 Å². The molecule has 1 N–H and O–H groups in total. The lowest BCUT2D eigenvalue weighted by Gasteiger charge is -2.06. The summed E-state index contributed by atoms with van der Waals surface area (Å²) in [6.45, 7) is 1.98. The second kappa shape index (κ2) is 6.46. The minimum atomic E-state index is 0.672. The van der Waals surface area contributed by atoms with Crippen LogP contribution < -0.4 is 5.43 Å². The third kappa shape index (κ3) is 3.13. The Balaban J connectivity index is 2.01. The summed E-state index contributed by atoms with van der Waals surface area (Å²) in [5.74, 6) is 0. The Morgan fingerprint density at radius 3 is 2.27 bits per heavy atom. The first-order valence-corrected chi connectivity index (χ1v) is 8.62. The molecule has 2 nitrogen and oxygen atoms in total. The highest BCUT2D eigenvalue weighted by Gasteiger charge is 2.02. The fraction of sp³-hybridized carbons (Fsp3) is 0.111. The lowest BCUT2D eigenvalue weighted by Crippen LogP contribution is -2.13. The third-order valence-corrected chi connectivity index (χ3v) is 4.68. The molecule has 0 heterocycles. The molecule has 110 valence electrons. The van der Waals surface area contributed by atoms with Crippen LogP contribution in [0.1, 0.15) is 12.5 Å². The summed E-state index contributed by atoms with van der Waals surface area (Å²) in [6, 6.07) is 19.3. The van der Waals surface area contributed by atoms with E-state index in [1.807, 2.05) is 13.2 Å². The molecule has 0 unspecified atom stereocenters. The number of benzene rings is 3. The number of rotatable bonds is 2. The standard InChI is InChI=1S/C18H16N2S2/c1-12(19-20-18(21)22-2)13-7-8-16-10-14-5-3-4-6-15(14)11-17(16)9-13/h3-11H,1-2H3,(H,20,21)/b19-12-. The molecule has 3 aromatic rings. The van der Waals surface area contributed by atoms with Crippen LogP contribution in [0.3, 0.4) is 0 Å². The normalized spacial score (nSPS) is 11.8. The van der Waals surface area contributed by atoms with E-state index in [1.54, 1.807) is 0 Å². The van der Waals surface area contributed by atoms with Crippen LogP contribution in [0.2, 0.25) is 0 Å². The van der Waals surface area contributed by atoms with Crippen LogP contribution in [0.25, 0.3) is 21.5 Å². The average molecular weight is 324 g/mol. The van der Waals surface area contributed by atoms with Crippen LogP contribution in [-0.2, 0) is 0 Å². The van der Waals surface area contributed by atoms with E-state index in [0.717, 1.165) is 11.3 Å². The molecule has 0 radical (unpaired) electrons. The van der Waals surface area contributed by atoms with Crippen molar-refractivity contribution in [1.82, 2.24) is 5.43 Å². The molecule has 0 atom stereocenters. The molecule has 22 heavy (non-hydrogen) atoms. The van der Waals surface area contributed by atoms with Crippen LogP contribution in [0.15, 0.2) is 59.7 Å². The van der Waals surface area contributed by atoms with Gasteiger partial charge in [0, 0.05) is 0 Å². The Labute approximate surface area is 139 Å². The third-order valence-electron chi connectivity index (χ3n) is 3.62. The van der Waals surface area contributed by atoms with E-state index in [9.17, 15) is 0 Å². The highest BCUT2D eigenvalue weighted by molar-refractivity contribution is 8.22. The van der Waals surface area contributed by atoms with Crippen molar-refractivity contribution in [3.05, 3.63) is 60.2 Å². The van der Waals surface area contributed by atoms with Gasteiger partial charge in [-0.1, -0.05) is 60.4 Å². The topological polar surface area (TPSA) is 24.4 Å². The number of hydrazone groups is 1. The number of nitrogens with zero attached hydrogens (tertiary/aromatic N) is 1. The number of thioether (sulfide) groups is 1. The van der Waals surface area contributed by atoms with Crippen molar-refractivity contribution in [2.45, 2.75) is 6.92 Å². The monoisotopic (exact) mass is 324 g/mol. The minimum absolute atomic E-state index is 0.672. The molecule has 0 saturated heterocycles. The highest BCUT2D eigenvalue weighted by atomic mass is 32.2. The second-order valence-electron chi connectivity index (χ2n) is 5.06. The van der Waals surface area contributed by atoms with Crippen LogP contribution in [0.5, 0.6) is 0 Å². The van der Waals surface area contributed by atoms with Gasteiger partial charge in [0.15, 0.2) is 4.32 Å². The first-order valence-electron chi connectivity index (χ1n) is 6.98. The summed E-state index contributed by atoms with van der Waals surface area (Å²) in [6.07, 6.45) is 1.93. The van der Waals surface area contributed by atoms with Crippen molar-refractivity contribution in [2.75, 3.05) is 6.26 Å². The maximum Gasteiger partial charge on any atom is 0.153 e. The molecule has 3 aromatic carbocycles. The minimum Gasteiger partial charge on any atom is -0.262 e. The molecule has 0 bridgehead atoms. The fourth-order valence-corrected chi connectivity index (χ4v) is 2.59. The number of hydrogen-bond acceptors (Lipinski definition) is 3. The van der Waals surface area contributed by atoms with Crippen LogP contribution in [-0.4, -0.2) is 16.3 Å². The van der Waals surface area contributed by atoms with Gasteiger partial charge in [-0.3, -0.25) is 5.43 Å². The van der Waals surface area contributed by atoms with Crippen molar-refractivity contribution in [3.63, 3.8) is 0 Å². The zero-order valence-electron chi connectivity index (χ0n) is 12.5. The smallest absolute Gasteiger partial charge is 0.153 e. The fourth-order valence-electron chi connectivity index (χ4n) is 2.40. The first kappa shape index (κ1) is 15.0. The van der Waals surface area contributed by atoms with E-state index >= 15 is 0 Å². The highest BCUT2D eigenvalue weighted by Crippen LogP contribution is 2.24. The van der Waals surface area contributed by atoms with E-state index in [1.165, 1.54) is 33.3 Å². The Morgan fingerprint density at radius 1 is 0.955 bits per heavy atom. The maximum absolute atomic E-state index is 5.10. The summed E-state index contributed by atoms with van der Waals surface area (Å²) in [5, 5.41) is 9.32. The molecule has 0 aliphatic heterocycles. The van der Waals surface area contributed by atoms with Gasteiger partial charge in [-0.05, 0) is 58.5 Å². The lowest BCUT2D eigenvalue weighted by molar-refractivity contribution is 1.06. The predicted octanol–water partition coefficient (Wildman–Crippen LogP) is 4.95. The van der Waals surface area contributed by atoms with Gasteiger partial charge in [-0.15, -0.1) is 0 Å². The molecule has 4 heteroatoms. The predicted molar refractivity (Wildman–Crippen MR) is 103 cm³/mol. The van der Waals surface area contributed by atoms with Gasteiger partial charge in [-0.2, -0.15) is 5.10 Å². The van der Waals surface area contributed by atoms with Crippen molar-refractivity contribution in [1.29, 1.82) is 0 Å². The Kier molecular flexibility index (Phi) is 4.41. The number of fused-ring (bicyclic) bond motifs is 2. The van der Waals surface area contributed by atoms with Gasteiger partial charge in [-0.25, -0.2) is 0 Å². The van der Waals surface area contributed by atoms with Crippen molar-refractivity contribution in [2.24, 2.45) is 5.10 Å². The Hall–Kier alpha value is -1.91. The van der Waals surface area contributed by atoms with E-state index < -0.39 is 0 Å². The zero-order valence-corrected chi connectivity index (χ0v) is 14.1. The Bertz CT molecular complexity index is 885. The number of hydrogen-bond donors (Lipinski definition) is 1. The van der Waals surface area contributed by atoms with E-state index in [-0.39, 0.29) is 0 Å². The summed E-state index contributed by atoms with van der Waals surface area (Å²) < 4.78 is 0.672. The summed E-state index contributed by atoms with van der Waals surface area (Å²) in [5.41, 5.74) is 4.91. The van der Waals surface area contributed by atoms with Gasteiger partial charge in [0.25, 0.3) is 0 Å². The molecular weight excluding hydrogens is 308 g/mol. The van der Waals surface area contributed by atoms with E-state index in [2.05, 4.69) is 65.1 Å². The molecule has 0 aromatic heterocycles. The molecule has 0 spiro atoms. The SMILES string of the molecule is CSC(=S)N/N=C(/C)c1ccc2cc3ccccc3cc2c1. The summed E-state index contributed by atoms with van der Waals surface area (Å²) in [4.78, 5) is 0. The quantitative estimate of drug-likeness (QED) is 0.312. The van der Waals surface area contributed by atoms with Crippen LogP contribution in [0, 0.1) is 0 Å². The molecule has 0 amide bonds. The van der Waals surface area contributed by atoms with E-state index in [0.29, 0.717) is 4.32 Å². The van der Waals surface area contributed by atoms with Crippen molar-refractivity contribution >= 4 is 55.6 Å². The van der Waals surface area contributed by atoms with Gasteiger partial charge in [0.2, 0.25) is 0 Å². The number of thiocarbonyl (C=S) groups is 1. The van der Waals surface area contributed by atoms with Crippen LogP contribution >= 0.6 is 24.0 Å². The molecule has 0 saturated carbocycles. The number of nitrogens with one attached hydrogen (secondary N) is 1. The Morgan fingerprint density at radius 2 is 1.59 bits per heavy atom. The molecule has 0 aliphatic carbocycles. The lowest BCUT2D eigenvalue weighted by atomic mass is 10.0. The van der Waals surface area contributed by atoms with Crippen molar-refractivity contribution < 1.29 is 0 Å². The molecule has 0 fully saturated rings. The summed E-state index contributed by atoms with van der Waals surface area (Å²) >= 11 is 6.58. The van der Waals surface area contributed by atoms with Gasteiger partial charge in [0.1, 0.15) is 0 Å². The zero-order chi connectivity index (χ0) is 15.5. The van der Waals surface area contributed by atoms with Crippen LogP contribution in [0.4, 0.5) is 0 Å². The molecular formula is C18H16N2S2. The van der Waals surface area contributed by atoms with Gasteiger partial charge >= 0.3 is 0 Å². The molecule has 0 aliphatic rings. The van der Waals surface area contributed by atoms with Gasteiger partial charge < -0.3 is 0 Å². The second-order valence-corrected chi connectivity index (χ2v) is 6.55. The van der Waals surface area contributed by atoms with Gasteiger partial charge in [0.05, 0.1) is 5.71 Å². The van der Waals surface area contributed by atoms with E-state index in [4.69, 9.17) is 12.2 Å². The first-order chi connectivity index (χ1) is 10.7. The average Bonchev–Trinajstić information content (AvgIpc) is 2.56.